The Kier molecular flexibility index (Phi) is 3.38. The van der Waals surface area contributed by atoms with E-state index < -0.39 is 18.6 Å². The zero-order valence-electron chi connectivity index (χ0n) is 7.88. The molecular formula is C9H9NO4Ti. The van der Waals surface area contributed by atoms with Gasteiger partial charge in [-0.2, -0.15) is 0 Å². The molecule has 0 N–H and O–H groups in total. The summed E-state index contributed by atoms with van der Waals surface area (Å²) in [6.45, 7) is 1.58. The second-order valence-electron chi connectivity index (χ2n) is 3.03. The fourth-order valence-corrected chi connectivity index (χ4v) is 2.26. The van der Waals surface area contributed by atoms with E-state index in [0.29, 0.717) is 17.6 Å². The Balaban J connectivity index is 2.01. The molecule has 0 unspecified atom stereocenters. The van der Waals surface area contributed by atoms with E-state index in [0.717, 1.165) is 13.1 Å². The monoisotopic (exact) mass is 243 g/mol. The molecule has 0 amide bonds. The Labute approximate surface area is 93.6 Å². The number of carbonyl (C=O) groups excluding carboxylic acids is 1. The van der Waals surface area contributed by atoms with Gasteiger partial charge >= 0.3 is 93.5 Å². The molecule has 0 radical (unpaired) electrons. The van der Waals surface area contributed by atoms with Crippen molar-refractivity contribution in [3.63, 3.8) is 0 Å². The molecule has 0 saturated carbocycles. The number of hydroxylamine groups is 2. The van der Waals surface area contributed by atoms with E-state index in [1.807, 2.05) is 0 Å². The number of para-hydroxylation sites is 1. The first-order valence-corrected chi connectivity index (χ1v) is 6.40. The molecule has 1 heterocycles. The number of rotatable bonds is 5. The zero-order chi connectivity index (χ0) is 10.7. The van der Waals surface area contributed by atoms with E-state index >= 15 is 0 Å². The van der Waals surface area contributed by atoms with Crippen LogP contribution in [0.1, 0.15) is 10.4 Å². The Hall–Kier alpha value is -0.876. The summed E-state index contributed by atoms with van der Waals surface area (Å²) in [7, 11) is 0. The van der Waals surface area contributed by atoms with E-state index in [1.54, 1.807) is 29.3 Å². The number of aldehydes is 1. The van der Waals surface area contributed by atoms with Crippen molar-refractivity contribution in [2.75, 3.05) is 13.1 Å². The van der Waals surface area contributed by atoms with E-state index in [4.69, 9.17) is 6.74 Å². The molecule has 1 aromatic rings. The first-order valence-electron chi connectivity index (χ1n) is 4.48. The van der Waals surface area contributed by atoms with Gasteiger partial charge in [0, 0.05) is 0 Å². The topological polar surface area (TPSA) is 55.6 Å². The quantitative estimate of drug-likeness (QED) is 0.437. The molecule has 5 nitrogen and oxygen atoms in total. The third-order valence-corrected chi connectivity index (χ3v) is 3.09. The van der Waals surface area contributed by atoms with Gasteiger partial charge in [0.2, 0.25) is 0 Å². The molecule has 78 valence electrons. The van der Waals surface area contributed by atoms with Crippen molar-refractivity contribution in [1.82, 2.24) is 5.06 Å². The number of nitrogens with zero attached hydrogens (tertiary/aromatic N) is 1. The van der Waals surface area contributed by atoms with Crippen LogP contribution in [-0.2, 0) is 25.4 Å². The van der Waals surface area contributed by atoms with Crippen LogP contribution in [0.4, 0.5) is 0 Å². The first-order chi connectivity index (χ1) is 7.29. The standard InChI is InChI=1S/C7H6O2.C2H4NO.O.Ti/c8-5-6-3-1-2-4-7(6)9;4-3-1-2-3;;/h1-5,9H;1-2H2;;/q;-1;;+2/p-1. The molecule has 0 atom stereocenters. The molecule has 1 aliphatic heterocycles. The fourth-order valence-electron chi connectivity index (χ4n) is 1.02. The van der Waals surface area contributed by atoms with Crippen molar-refractivity contribution in [1.29, 1.82) is 0 Å². The molecule has 2 rings (SSSR count). The minimum absolute atomic E-state index is 0.319. The molecule has 1 aromatic carbocycles. The van der Waals surface area contributed by atoms with Crippen LogP contribution in [0.15, 0.2) is 24.3 Å². The summed E-state index contributed by atoms with van der Waals surface area (Å²) < 4.78 is 21.5. The third kappa shape index (κ3) is 3.04. The van der Waals surface area contributed by atoms with Crippen LogP contribution in [0, 0.1) is 0 Å². The van der Waals surface area contributed by atoms with Crippen molar-refractivity contribution < 1.29 is 33.5 Å². The van der Waals surface area contributed by atoms with Crippen LogP contribution in [0.5, 0.6) is 5.75 Å². The average Bonchev–Trinajstić information content (AvgIpc) is 3.02. The van der Waals surface area contributed by atoms with E-state index in [1.165, 1.54) is 0 Å². The van der Waals surface area contributed by atoms with Crippen molar-refractivity contribution in [3.05, 3.63) is 29.8 Å². The van der Waals surface area contributed by atoms with Crippen LogP contribution in [-0.4, -0.2) is 24.4 Å². The summed E-state index contributed by atoms with van der Waals surface area (Å²) in [5, 5.41) is 1.56. The van der Waals surface area contributed by atoms with Crippen molar-refractivity contribution in [3.8, 4) is 5.75 Å². The van der Waals surface area contributed by atoms with Crippen molar-refractivity contribution in [2.45, 2.75) is 0 Å². The van der Waals surface area contributed by atoms with Gasteiger partial charge in [0.1, 0.15) is 0 Å². The maximum absolute atomic E-state index is 11.4. The fraction of sp³-hybridized carbons (Fsp3) is 0.222. The summed E-state index contributed by atoms with van der Waals surface area (Å²) in [6, 6.07) is 6.63. The van der Waals surface area contributed by atoms with Crippen LogP contribution >= 0.6 is 0 Å². The molecule has 15 heavy (non-hydrogen) atoms. The van der Waals surface area contributed by atoms with Crippen LogP contribution in [0.2, 0.25) is 0 Å². The summed E-state index contributed by atoms with van der Waals surface area (Å²) in [4.78, 5) is 10.6. The summed E-state index contributed by atoms with van der Waals surface area (Å²) in [5.41, 5.74) is 0.382. The maximum atomic E-state index is 11.4. The zero-order valence-corrected chi connectivity index (χ0v) is 9.44. The molecule has 0 bridgehead atoms. The van der Waals surface area contributed by atoms with Crippen LogP contribution < -0.4 is 3.32 Å². The van der Waals surface area contributed by atoms with Gasteiger partial charge < -0.3 is 0 Å². The second kappa shape index (κ2) is 4.76. The normalized spacial score (nSPS) is 14.7. The van der Waals surface area contributed by atoms with Crippen molar-refractivity contribution in [2.24, 2.45) is 0 Å². The second-order valence-corrected chi connectivity index (χ2v) is 4.41. The van der Waals surface area contributed by atoms with E-state index in [9.17, 15) is 8.12 Å². The molecule has 0 spiro atoms. The third-order valence-electron chi connectivity index (χ3n) is 1.85. The van der Waals surface area contributed by atoms with Crippen LogP contribution in [0.3, 0.4) is 0 Å². The van der Waals surface area contributed by atoms with Gasteiger partial charge in [-0.15, -0.1) is 0 Å². The van der Waals surface area contributed by atoms with E-state index in [-0.39, 0.29) is 0 Å². The Morgan fingerprint density at radius 3 is 2.73 bits per heavy atom. The van der Waals surface area contributed by atoms with Crippen LogP contribution in [0.25, 0.3) is 0 Å². The molecule has 1 aliphatic rings. The van der Waals surface area contributed by atoms with Gasteiger partial charge in [-0.05, 0) is 0 Å². The number of benzene rings is 1. The van der Waals surface area contributed by atoms with Gasteiger partial charge in [-0.1, -0.05) is 0 Å². The summed E-state index contributed by atoms with van der Waals surface area (Å²) in [6.07, 6.45) is 0.665. The van der Waals surface area contributed by atoms with Gasteiger partial charge in [0.15, 0.2) is 0 Å². The molecule has 1 saturated heterocycles. The SMILES string of the molecule is O=Cc1ccccc1[O][Ti](=[O])[O]N1CC1. The molecule has 6 heteroatoms. The van der Waals surface area contributed by atoms with E-state index in [2.05, 4.69) is 0 Å². The molecule has 1 fully saturated rings. The summed E-state index contributed by atoms with van der Waals surface area (Å²) >= 11 is -3.22. The van der Waals surface area contributed by atoms with Gasteiger partial charge in [0.25, 0.3) is 0 Å². The first kappa shape index (κ1) is 10.6. The summed E-state index contributed by atoms with van der Waals surface area (Å²) in [5.74, 6) is 0.319. The molecular weight excluding hydrogens is 234 g/mol. The number of hydrogen-bond donors (Lipinski definition) is 0. The average molecular weight is 243 g/mol. The Morgan fingerprint density at radius 2 is 2.07 bits per heavy atom. The Bertz CT molecular complexity index is 391. The number of hydrogen-bond acceptors (Lipinski definition) is 5. The number of carbonyl (C=O) groups is 1. The Morgan fingerprint density at radius 1 is 1.33 bits per heavy atom. The predicted molar refractivity (Wildman–Crippen MR) is 45.8 cm³/mol. The van der Waals surface area contributed by atoms with Gasteiger partial charge in [-0.25, -0.2) is 0 Å². The predicted octanol–water partition coefficient (Wildman–Crippen LogP) is 0.919. The van der Waals surface area contributed by atoms with Gasteiger partial charge in [-0.3, -0.25) is 0 Å². The molecule has 0 aliphatic carbocycles. The van der Waals surface area contributed by atoms with Crippen molar-refractivity contribution >= 4 is 6.29 Å². The minimum atomic E-state index is -3.22. The molecule has 0 aromatic heterocycles. The van der Waals surface area contributed by atoms with Gasteiger partial charge in [0.05, 0.1) is 0 Å².